The van der Waals surface area contributed by atoms with Gasteiger partial charge in [0.15, 0.2) is 0 Å². The number of nitrogens with zero attached hydrogens (tertiary/aromatic N) is 4. The van der Waals surface area contributed by atoms with E-state index in [0.717, 1.165) is 0 Å². The van der Waals surface area contributed by atoms with E-state index < -0.39 is 43.2 Å². The molecule has 4 aromatic rings. The number of nitrogen functional groups attached to an aromatic ring is 4. The van der Waals surface area contributed by atoms with E-state index in [1.807, 2.05) is 0 Å². The third-order valence-electron chi connectivity index (χ3n) is 2.79. The summed E-state index contributed by atoms with van der Waals surface area (Å²) in [4.78, 5) is 63.5. The standard InChI is InChI=1S/4C4H5N3O.Ca.2ClHO4.6H2O/c4*5-3-1-2-6-4(8)7-3;;2*2-1(3,4)5;;;;;;/h4*1-2H,(H3,5,6,7,8);;2*(H,2,3,4,5);6*1H2/q;;;;+2;;;;;;;;/p-2. The minimum atomic E-state index is -4.94. The number of rotatable bonds is 0. The first-order chi connectivity index (χ1) is 19.2. The van der Waals surface area contributed by atoms with E-state index in [1.165, 1.54) is 49.1 Å². The molecule has 24 N–H and O–H groups in total. The summed E-state index contributed by atoms with van der Waals surface area (Å²) in [6.07, 6.45) is 5.42. The van der Waals surface area contributed by atoms with Crippen LogP contribution in [0.4, 0.5) is 23.3 Å². The molecule has 0 atom stereocenters. The van der Waals surface area contributed by atoms with Gasteiger partial charge in [-0.15, -0.1) is 20.5 Å². The number of H-pyrrole nitrogens is 4. The van der Waals surface area contributed by atoms with Crippen molar-refractivity contribution in [3.05, 3.63) is 91.0 Å². The monoisotopic (exact) mass is 790 g/mol. The number of hydrogen-bond acceptors (Lipinski definition) is 20. The summed E-state index contributed by atoms with van der Waals surface area (Å²) < 4.78 is 67.9. The molecule has 280 valence electrons. The second-order valence-electron chi connectivity index (χ2n) is 6.08. The zero-order valence-electron chi connectivity index (χ0n) is 24.1. The third-order valence-corrected chi connectivity index (χ3v) is 2.79. The Labute approximate surface area is 304 Å². The predicted molar refractivity (Wildman–Crippen MR) is 145 cm³/mol. The van der Waals surface area contributed by atoms with Gasteiger partial charge >= 0.3 is 60.5 Å². The second-order valence-corrected chi connectivity index (χ2v) is 7.59. The Bertz CT molecular complexity index is 1320. The van der Waals surface area contributed by atoms with Crippen molar-refractivity contribution in [1.29, 1.82) is 0 Å². The average Bonchev–Trinajstić information content (AvgIpc) is 2.77. The molecule has 49 heavy (non-hydrogen) atoms. The first-order valence-corrected chi connectivity index (χ1v) is 12.1. The van der Waals surface area contributed by atoms with Crippen LogP contribution < -0.4 is 83.0 Å². The molecule has 0 aliphatic carbocycles. The van der Waals surface area contributed by atoms with Gasteiger partial charge in [-0.05, 0) is 24.3 Å². The number of nitrogens with one attached hydrogen (secondary N) is 4. The minimum Gasteiger partial charge on any atom is -0.412 e. The minimum absolute atomic E-state index is 0. The number of aromatic amines is 4. The maximum absolute atomic E-state index is 10.2. The molecule has 4 aromatic heterocycles. The molecule has 0 saturated heterocycles. The Kier molecular flexibility index (Phi) is 48.4. The van der Waals surface area contributed by atoms with Gasteiger partial charge in [0.05, 0.1) is 0 Å². The molecule has 4 rings (SSSR count). The molecule has 0 spiro atoms. The molecule has 4 heterocycles. The number of aromatic nitrogens is 8. The van der Waals surface area contributed by atoms with Crippen molar-refractivity contribution in [1.82, 2.24) is 39.9 Å². The summed E-state index contributed by atoms with van der Waals surface area (Å²) in [7, 11) is -9.89. The fraction of sp³-hybridized carbons (Fsp3) is 0. The fourth-order valence-electron chi connectivity index (χ4n) is 1.53. The summed E-state index contributed by atoms with van der Waals surface area (Å²) in [6, 6.07) is 6.06. The van der Waals surface area contributed by atoms with E-state index in [2.05, 4.69) is 39.9 Å². The van der Waals surface area contributed by atoms with Gasteiger partial charge in [-0.1, -0.05) is 0 Å². The zero-order chi connectivity index (χ0) is 32.9. The maximum atomic E-state index is 10.2. The summed E-state index contributed by atoms with van der Waals surface area (Å²) in [5.41, 5.74) is 19.0. The Morgan fingerprint density at radius 2 is 0.531 bits per heavy atom. The number of hydrogen-bond donors (Lipinski definition) is 8. The molecule has 30 nitrogen and oxygen atoms in total. The molecule has 0 aromatic carbocycles. The summed E-state index contributed by atoms with van der Waals surface area (Å²) in [5, 5.41) is 0. The van der Waals surface area contributed by atoms with Gasteiger partial charge in [-0.3, -0.25) is 19.9 Å². The number of anilines is 4. The van der Waals surface area contributed by atoms with Crippen molar-refractivity contribution in [2.24, 2.45) is 0 Å². The van der Waals surface area contributed by atoms with Gasteiger partial charge in [0, 0.05) is 24.8 Å². The van der Waals surface area contributed by atoms with Crippen LogP contribution in [0.25, 0.3) is 0 Å². The zero-order valence-corrected chi connectivity index (χ0v) is 27.8. The van der Waals surface area contributed by atoms with Crippen LogP contribution >= 0.6 is 0 Å². The Balaban J connectivity index is -0.0000000550. The van der Waals surface area contributed by atoms with Crippen molar-refractivity contribution in [2.45, 2.75) is 0 Å². The van der Waals surface area contributed by atoms with Crippen molar-refractivity contribution < 1.29 is 90.6 Å². The fourth-order valence-corrected chi connectivity index (χ4v) is 1.53. The molecule has 0 aliphatic heterocycles. The van der Waals surface area contributed by atoms with E-state index in [-0.39, 0.29) is 70.6 Å². The molecule has 0 saturated carbocycles. The molecular weight excluding hydrogens is 759 g/mol. The van der Waals surface area contributed by atoms with E-state index >= 15 is 0 Å². The Morgan fingerprint density at radius 3 is 0.592 bits per heavy atom. The molecular formula is C16H32CaCl2N12O18. The van der Waals surface area contributed by atoms with Gasteiger partial charge in [-0.2, -0.15) is 0 Å². The first-order valence-electron chi connectivity index (χ1n) is 9.62. The molecule has 0 bridgehead atoms. The summed E-state index contributed by atoms with van der Waals surface area (Å²) in [5.74, 6) is 1.35. The number of nitrogens with two attached hydrogens (primary N) is 4. The molecule has 33 heteroatoms. The maximum Gasteiger partial charge on any atom is 2.00 e. The van der Waals surface area contributed by atoms with Crippen LogP contribution in [0.3, 0.4) is 0 Å². The smallest absolute Gasteiger partial charge is 0.412 e. The van der Waals surface area contributed by atoms with Crippen molar-refractivity contribution in [3.8, 4) is 0 Å². The predicted octanol–water partition coefficient (Wildman–Crippen LogP) is -17.4. The van der Waals surface area contributed by atoms with Crippen LogP contribution in [-0.2, 0) is 0 Å². The second kappa shape index (κ2) is 35.3. The molecule has 0 radical (unpaired) electrons. The molecule has 0 unspecified atom stereocenters. The van der Waals surface area contributed by atoms with E-state index in [9.17, 15) is 19.2 Å². The van der Waals surface area contributed by atoms with Crippen LogP contribution in [0, 0.1) is 20.5 Å². The van der Waals surface area contributed by atoms with E-state index in [4.69, 9.17) is 60.2 Å². The molecule has 0 fully saturated rings. The van der Waals surface area contributed by atoms with Crippen LogP contribution in [0.15, 0.2) is 68.2 Å². The van der Waals surface area contributed by atoms with E-state index in [1.54, 1.807) is 0 Å². The van der Waals surface area contributed by atoms with E-state index in [0.29, 0.717) is 23.3 Å². The average molecular weight is 791 g/mol. The molecule has 0 aliphatic rings. The van der Waals surface area contributed by atoms with Gasteiger partial charge in [-0.25, -0.2) is 76.4 Å². The largest absolute Gasteiger partial charge is 2.00 e. The summed E-state index contributed by atoms with van der Waals surface area (Å²) >= 11 is 0. The Hall–Kier alpha value is -4.00. The summed E-state index contributed by atoms with van der Waals surface area (Å²) in [6.45, 7) is 0. The molecule has 0 amide bonds. The number of halogens is 2. The van der Waals surface area contributed by atoms with Gasteiger partial charge in [0.1, 0.15) is 23.3 Å². The van der Waals surface area contributed by atoms with Crippen LogP contribution in [0.2, 0.25) is 0 Å². The normalized spacial score (nSPS) is 8.33. The van der Waals surface area contributed by atoms with Crippen LogP contribution in [0.5, 0.6) is 0 Å². The van der Waals surface area contributed by atoms with Gasteiger partial charge < -0.3 is 55.8 Å². The topological polar surface area (TPSA) is 661 Å². The van der Waals surface area contributed by atoms with Crippen LogP contribution in [0.1, 0.15) is 0 Å². The van der Waals surface area contributed by atoms with Crippen LogP contribution in [-0.4, -0.2) is 110 Å². The van der Waals surface area contributed by atoms with Gasteiger partial charge in [0.25, 0.3) is 0 Å². The van der Waals surface area contributed by atoms with Crippen molar-refractivity contribution >= 4 is 61.0 Å². The quantitative estimate of drug-likeness (QED) is 0.0766. The SMILES string of the molecule is Nc1ccnc(=O)[nH]1.Nc1ccnc(=O)[nH]1.Nc1ccnc(=O)[nH]1.Nc1ccnc(=O)[nH]1.O.O.O.O.O.O.[Ca+2].[O-][Cl+3]([O-])([O-])[O-].[O-][Cl+3]([O-])([O-])[O-]. The third kappa shape index (κ3) is 59.9. The van der Waals surface area contributed by atoms with Gasteiger partial charge in [0.2, 0.25) is 0 Å². The Morgan fingerprint density at radius 1 is 0.408 bits per heavy atom. The first kappa shape index (κ1) is 67.2. The van der Waals surface area contributed by atoms with Crippen molar-refractivity contribution in [3.63, 3.8) is 0 Å². The van der Waals surface area contributed by atoms with Crippen molar-refractivity contribution in [2.75, 3.05) is 22.9 Å².